The fourth-order valence-electron chi connectivity index (χ4n) is 2.22. The van der Waals surface area contributed by atoms with Crippen LogP contribution in [0.15, 0.2) is 48.8 Å². The lowest BCUT2D eigenvalue weighted by Crippen LogP contribution is -2.03. The second kappa shape index (κ2) is 7.70. The number of H-pyrrole nitrogens is 1. The molecule has 0 saturated carbocycles. The van der Waals surface area contributed by atoms with Crippen molar-refractivity contribution in [3.63, 3.8) is 0 Å². The first-order valence-corrected chi connectivity index (χ1v) is 7.76. The van der Waals surface area contributed by atoms with Crippen molar-refractivity contribution < 1.29 is 9.47 Å². The van der Waals surface area contributed by atoms with Crippen LogP contribution in [0.5, 0.6) is 11.5 Å². The Morgan fingerprint density at radius 1 is 1.17 bits per heavy atom. The zero-order valence-corrected chi connectivity index (χ0v) is 13.9. The van der Waals surface area contributed by atoms with Crippen molar-refractivity contribution in [2.45, 2.75) is 13.2 Å². The molecule has 0 fully saturated rings. The average Bonchev–Trinajstić information content (AvgIpc) is 3.13. The van der Waals surface area contributed by atoms with Gasteiger partial charge in [-0.2, -0.15) is 5.10 Å². The molecule has 24 heavy (non-hydrogen) atoms. The number of aromatic amines is 1. The van der Waals surface area contributed by atoms with E-state index in [1.807, 2.05) is 42.5 Å². The maximum Gasteiger partial charge on any atom is 0.218 e. The highest BCUT2D eigenvalue weighted by atomic mass is 35.5. The third-order valence-electron chi connectivity index (χ3n) is 3.39. The minimum Gasteiger partial charge on any atom is -0.493 e. The SMILES string of the molecule is COc1cc(CNc2ncn[nH]2)cc(Cl)c1OCc1ccccc1. The molecule has 1 aromatic heterocycles. The molecule has 0 spiro atoms. The molecule has 2 aromatic carbocycles. The van der Waals surface area contributed by atoms with Crippen molar-refractivity contribution in [1.29, 1.82) is 0 Å². The van der Waals surface area contributed by atoms with E-state index in [4.69, 9.17) is 21.1 Å². The van der Waals surface area contributed by atoms with Crippen molar-refractivity contribution in [2.75, 3.05) is 12.4 Å². The lowest BCUT2D eigenvalue weighted by molar-refractivity contribution is 0.284. The van der Waals surface area contributed by atoms with Gasteiger partial charge >= 0.3 is 0 Å². The zero-order chi connectivity index (χ0) is 16.8. The predicted octanol–water partition coefficient (Wildman–Crippen LogP) is 3.66. The largest absolute Gasteiger partial charge is 0.493 e. The van der Waals surface area contributed by atoms with Crippen LogP contribution in [0.1, 0.15) is 11.1 Å². The number of aromatic nitrogens is 3. The maximum atomic E-state index is 6.37. The third kappa shape index (κ3) is 3.97. The van der Waals surface area contributed by atoms with E-state index in [9.17, 15) is 0 Å². The van der Waals surface area contributed by atoms with Crippen LogP contribution >= 0.6 is 11.6 Å². The summed E-state index contributed by atoms with van der Waals surface area (Å²) in [5, 5.41) is 10.1. The molecule has 0 atom stereocenters. The van der Waals surface area contributed by atoms with Crippen molar-refractivity contribution in [3.05, 3.63) is 64.9 Å². The molecule has 6 nitrogen and oxygen atoms in total. The molecule has 0 amide bonds. The minimum atomic E-state index is 0.423. The van der Waals surface area contributed by atoms with Gasteiger partial charge in [0.05, 0.1) is 12.1 Å². The number of anilines is 1. The van der Waals surface area contributed by atoms with Gasteiger partial charge in [-0.05, 0) is 23.3 Å². The van der Waals surface area contributed by atoms with E-state index in [0.717, 1.165) is 11.1 Å². The highest BCUT2D eigenvalue weighted by molar-refractivity contribution is 6.32. The molecule has 3 aromatic rings. The van der Waals surface area contributed by atoms with Crippen LogP contribution in [0.3, 0.4) is 0 Å². The van der Waals surface area contributed by atoms with Crippen LogP contribution in [-0.4, -0.2) is 22.3 Å². The summed E-state index contributed by atoms with van der Waals surface area (Å²) in [6.45, 7) is 0.955. The number of methoxy groups -OCH3 is 1. The Kier molecular flexibility index (Phi) is 5.18. The number of halogens is 1. The van der Waals surface area contributed by atoms with Crippen LogP contribution in [0.25, 0.3) is 0 Å². The summed E-state index contributed by atoms with van der Waals surface area (Å²) in [5.74, 6) is 1.72. The second-order valence-electron chi connectivity index (χ2n) is 5.07. The molecule has 3 rings (SSSR count). The minimum absolute atomic E-state index is 0.423. The average molecular weight is 345 g/mol. The Balaban J connectivity index is 1.72. The van der Waals surface area contributed by atoms with Gasteiger partial charge in [-0.3, -0.25) is 0 Å². The van der Waals surface area contributed by atoms with Gasteiger partial charge < -0.3 is 14.8 Å². The van der Waals surface area contributed by atoms with Gasteiger partial charge in [0, 0.05) is 6.54 Å². The Morgan fingerprint density at radius 2 is 2.00 bits per heavy atom. The van der Waals surface area contributed by atoms with Crippen molar-refractivity contribution in [2.24, 2.45) is 0 Å². The fourth-order valence-corrected chi connectivity index (χ4v) is 2.51. The van der Waals surface area contributed by atoms with E-state index >= 15 is 0 Å². The predicted molar refractivity (Wildman–Crippen MR) is 92.5 cm³/mol. The number of hydrogen-bond acceptors (Lipinski definition) is 5. The lowest BCUT2D eigenvalue weighted by atomic mass is 10.2. The molecule has 1 heterocycles. The van der Waals surface area contributed by atoms with Crippen molar-refractivity contribution >= 4 is 17.5 Å². The van der Waals surface area contributed by atoms with Gasteiger partial charge in [0.15, 0.2) is 11.5 Å². The molecular weight excluding hydrogens is 328 g/mol. The van der Waals surface area contributed by atoms with E-state index in [-0.39, 0.29) is 0 Å². The molecule has 0 aliphatic heterocycles. The Morgan fingerprint density at radius 3 is 2.71 bits per heavy atom. The topological polar surface area (TPSA) is 72.1 Å². The molecule has 124 valence electrons. The third-order valence-corrected chi connectivity index (χ3v) is 3.67. The second-order valence-corrected chi connectivity index (χ2v) is 5.48. The highest BCUT2D eigenvalue weighted by Gasteiger charge is 2.12. The summed E-state index contributed by atoms with van der Waals surface area (Å²) < 4.78 is 11.3. The zero-order valence-electron chi connectivity index (χ0n) is 13.1. The van der Waals surface area contributed by atoms with Crippen LogP contribution in [-0.2, 0) is 13.2 Å². The smallest absolute Gasteiger partial charge is 0.218 e. The van der Waals surface area contributed by atoms with Gasteiger partial charge in [0.25, 0.3) is 0 Å². The van der Waals surface area contributed by atoms with Gasteiger partial charge in [-0.1, -0.05) is 41.9 Å². The molecular formula is C17H17ClN4O2. The number of benzene rings is 2. The molecule has 2 N–H and O–H groups in total. The van der Waals surface area contributed by atoms with E-state index < -0.39 is 0 Å². The quantitative estimate of drug-likeness (QED) is 0.684. The molecule has 7 heteroatoms. The molecule has 0 aliphatic carbocycles. The molecule has 0 saturated heterocycles. The van der Waals surface area contributed by atoms with E-state index in [0.29, 0.717) is 35.6 Å². The summed E-state index contributed by atoms with van der Waals surface area (Å²) in [6, 6.07) is 13.6. The number of ether oxygens (including phenoxy) is 2. The lowest BCUT2D eigenvalue weighted by Gasteiger charge is -2.14. The highest BCUT2D eigenvalue weighted by Crippen LogP contribution is 2.37. The number of nitrogens with one attached hydrogen (secondary N) is 2. The number of rotatable bonds is 7. The normalized spacial score (nSPS) is 10.4. The molecule has 0 unspecified atom stereocenters. The summed E-state index contributed by atoms with van der Waals surface area (Å²) in [6.07, 6.45) is 1.44. The first-order valence-electron chi connectivity index (χ1n) is 7.38. The molecule has 0 radical (unpaired) electrons. The molecule has 0 bridgehead atoms. The Hall–Kier alpha value is -2.73. The van der Waals surface area contributed by atoms with Crippen LogP contribution in [0.4, 0.5) is 5.95 Å². The Labute approximate surface area is 144 Å². The summed E-state index contributed by atoms with van der Waals surface area (Å²) in [4.78, 5) is 4.01. The number of nitrogens with zero attached hydrogens (tertiary/aromatic N) is 2. The first kappa shape index (κ1) is 16.1. The first-order chi connectivity index (χ1) is 11.8. The van der Waals surface area contributed by atoms with Crippen LogP contribution in [0, 0.1) is 0 Å². The van der Waals surface area contributed by atoms with E-state index in [1.54, 1.807) is 7.11 Å². The number of hydrogen-bond donors (Lipinski definition) is 2. The fraction of sp³-hybridized carbons (Fsp3) is 0.176. The van der Waals surface area contributed by atoms with Crippen LogP contribution in [0.2, 0.25) is 5.02 Å². The summed E-state index contributed by atoms with van der Waals surface area (Å²) in [7, 11) is 1.59. The summed E-state index contributed by atoms with van der Waals surface area (Å²) in [5.41, 5.74) is 2.01. The Bertz CT molecular complexity index is 779. The maximum absolute atomic E-state index is 6.37. The monoisotopic (exact) mass is 344 g/mol. The van der Waals surface area contributed by atoms with Gasteiger partial charge in [0.1, 0.15) is 12.9 Å². The van der Waals surface area contributed by atoms with Gasteiger partial charge in [0.2, 0.25) is 5.95 Å². The van der Waals surface area contributed by atoms with Gasteiger partial charge in [-0.15, -0.1) is 0 Å². The van der Waals surface area contributed by atoms with Crippen LogP contribution < -0.4 is 14.8 Å². The standard InChI is InChI=1S/C17H17ClN4O2/c1-23-15-8-13(9-19-17-20-11-21-22-17)7-14(18)16(15)24-10-12-5-3-2-4-6-12/h2-8,11H,9-10H2,1H3,(H2,19,20,21,22). The van der Waals surface area contributed by atoms with E-state index in [2.05, 4.69) is 20.5 Å². The molecule has 0 aliphatic rings. The van der Waals surface area contributed by atoms with Gasteiger partial charge in [-0.25, -0.2) is 10.1 Å². The van der Waals surface area contributed by atoms with E-state index in [1.165, 1.54) is 6.33 Å². The summed E-state index contributed by atoms with van der Waals surface area (Å²) >= 11 is 6.37. The van der Waals surface area contributed by atoms with Crippen molar-refractivity contribution in [3.8, 4) is 11.5 Å². The van der Waals surface area contributed by atoms with Crippen molar-refractivity contribution in [1.82, 2.24) is 15.2 Å².